The summed E-state index contributed by atoms with van der Waals surface area (Å²) in [6, 6.07) is 8.58. The van der Waals surface area contributed by atoms with E-state index in [9.17, 15) is 14.9 Å². The Balaban J connectivity index is 2.35. The molecule has 0 radical (unpaired) electrons. The minimum absolute atomic E-state index is 0.124. The zero-order valence-electron chi connectivity index (χ0n) is 10.9. The number of rotatable bonds is 4. The molecule has 0 unspecified atom stereocenters. The number of hydrogen-bond donors (Lipinski definition) is 1. The molecule has 8 heteroatoms. The molecule has 1 N–H and O–H groups in total. The predicted molar refractivity (Wildman–Crippen MR) is 76.8 cm³/mol. The highest BCUT2D eigenvalue weighted by Crippen LogP contribution is 2.24. The summed E-state index contributed by atoms with van der Waals surface area (Å²) in [5.74, 6) is -0.134. The van der Waals surface area contributed by atoms with Gasteiger partial charge in [-0.2, -0.15) is 0 Å². The van der Waals surface area contributed by atoms with Gasteiger partial charge in [0.25, 0.3) is 11.6 Å². The Morgan fingerprint density at radius 2 is 2.14 bits per heavy atom. The van der Waals surface area contributed by atoms with Gasteiger partial charge >= 0.3 is 0 Å². The van der Waals surface area contributed by atoms with Crippen molar-refractivity contribution in [3.05, 3.63) is 57.2 Å². The Hall–Kier alpha value is -2.67. The zero-order chi connectivity index (χ0) is 15.4. The van der Waals surface area contributed by atoms with Crippen LogP contribution in [-0.2, 0) is 0 Å². The van der Waals surface area contributed by atoms with Crippen LogP contribution < -0.4 is 10.1 Å². The summed E-state index contributed by atoms with van der Waals surface area (Å²) in [7, 11) is 1.40. The number of pyridine rings is 1. The molecule has 1 aromatic heterocycles. The number of anilines is 1. The topological polar surface area (TPSA) is 94.4 Å². The first-order chi connectivity index (χ1) is 10.0. The van der Waals surface area contributed by atoms with Crippen molar-refractivity contribution in [2.24, 2.45) is 0 Å². The lowest BCUT2D eigenvalue weighted by molar-refractivity contribution is -0.385. The summed E-state index contributed by atoms with van der Waals surface area (Å²) < 4.78 is 4.97. The van der Waals surface area contributed by atoms with Gasteiger partial charge < -0.3 is 10.1 Å². The molecule has 1 aromatic carbocycles. The number of hydrogen-bond acceptors (Lipinski definition) is 5. The fraction of sp³-hybridized carbons (Fsp3) is 0.0769. The number of carbonyl (C=O) groups is 1. The number of nitro groups is 1. The van der Waals surface area contributed by atoms with Gasteiger partial charge in [-0.3, -0.25) is 14.9 Å². The number of ether oxygens (including phenoxy) is 1. The van der Waals surface area contributed by atoms with Gasteiger partial charge in [-0.1, -0.05) is 17.7 Å². The Morgan fingerprint density at radius 1 is 1.38 bits per heavy atom. The van der Waals surface area contributed by atoms with E-state index in [2.05, 4.69) is 10.3 Å². The number of amides is 1. The second kappa shape index (κ2) is 6.19. The second-order valence-electron chi connectivity index (χ2n) is 3.94. The molecule has 2 aromatic rings. The number of aromatic nitrogens is 1. The van der Waals surface area contributed by atoms with Crippen LogP contribution >= 0.6 is 11.6 Å². The SMILES string of the molecule is COc1ccc([N+](=O)[O-])c(C(=O)Nc2cccc(Cl)n2)c1. The van der Waals surface area contributed by atoms with Crippen LogP contribution in [-0.4, -0.2) is 22.9 Å². The van der Waals surface area contributed by atoms with Crippen LogP contribution in [0.25, 0.3) is 0 Å². The third kappa shape index (κ3) is 3.46. The maximum absolute atomic E-state index is 12.2. The largest absolute Gasteiger partial charge is 0.497 e. The summed E-state index contributed by atoms with van der Waals surface area (Å²) in [5.41, 5.74) is -0.448. The highest BCUT2D eigenvalue weighted by Gasteiger charge is 2.21. The first-order valence-electron chi connectivity index (χ1n) is 5.77. The molecule has 0 fully saturated rings. The quantitative estimate of drug-likeness (QED) is 0.532. The smallest absolute Gasteiger partial charge is 0.282 e. The van der Waals surface area contributed by atoms with E-state index in [0.29, 0.717) is 5.75 Å². The number of methoxy groups -OCH3 is 1. The zero-order valence-corrected chi connectivity index (χ0v) is 11.6. The summed E-state index contributed by atoms with van der Waals surface area (Å²) in [5, 5.41) is 13.6. The Morgan fingerprint density at radius 3 is 2.76 bits per heavy atom. The van der Waals surface area contributed by atoms with Crippen LogP contribution in [0, 0.1) is 10.1 Å². The predicted octanol–water partition coefficient (Wildman–Crippen LogP) is 2.90. The fourth-order valence-corrected chi connectivity index (χ4v) is 1.81. The molecule has 0 spiro atoms. The van der Waals surface area contributed by atoms with E-state index in [-0.39, 0.29) is 22.2 Å². The molecule has 0 aliphatic carbocycles. The van der Waals surface area contributed by atoms with Crippen molar-refractivity contribution in [2.75, 3.05) is 12.4 Å². The maximum Gasteiger partial charge on any atom is 0.282 e. The van der Waals surface area contributed by atoms with Gasteiger partial charge in [-0.15, -0.1) is 0 Å². The molecule has 0 bridgehead atoms. The van der Waals surface area contributed by atoms with E-state index in [1.165, 1.54) is 31.4 Å². The molecule has 2 rings (SSSR count). The van der Waals surface area contributed by atoms with Gasteiger partial charge in [-0.05, 0) is 24.3 Å². The van der Waals surface area contributed by atoms with E-state index in [1.54, 1.807) is 12.1 Å². The summed E-state index contributed by atoms with van der Waals surface area (Å²) in [4.78, 5) is 26.4. The van der Waals surface area contributed by atoms with Gasteiger partial charge in [0.2, 0.25) is 0 Å². The normalized spacial score (nSPS) is 10.0. The van der Waals surface area contributed by atoms with Crippen molar-refractivity contribution in [1.82, 2.24) is 4.98 Å². The van der Waals surface area contributed by atoms with Crippen LogP contribution in [0.3, 0.4) is 0 Å². The Bertz CT molecular complexity index is 706. The van der Waals surface area contributed by atoms with E-state index >= 15 is 0 Å². The number of carbonyl (C=O) groups excluding carboxylic acids is 1. The molecule has 108 valence electrons. The summed E-state index contributed by atoms with van der Waals surface area (Å²) in [6.45, 7) is 0. The lowest BCUT2D eigenvalue weighted by Crippen LogP contribution is -2.15. The third-order valence-electron chi connectivity index (χ3n) is 2.60. The van der Waals surface area contributed by atoms with Gasteiger partial charge in [0, 0.05) is 6.07 Å². The highest BCUT2D eigenvalue weighted by molar-refractivity contribution is 6.29. The highest BCUT2D eigenvalue weighted by atomic mass is 35.5. The van der Waals surface area contributed by atoms with Crippen molar-refractivity contribution in [3.8, 4) is 5.75 Å². The molecular formula is C13H10ClN3O4. The lowest BCUT2D eigenvalue weighted by Gasteiger charge is -2.07. The second-order valence-corrected chi connectivity index (χ2v) is 4.33. The van der Waals surface area contributed by atoms with E-state index in [1.807, 2.05) is 0 Å². The molecule has 0 aliphatic rings. The standard InChI is InChI=1S/C13H10ClN3O4/c1-21-8-5-6-10(17(19)20)9(7-8)13(18)16-12-4-2-3-11(14)15-12/h2-7H,1H3,(H,15,16,18). The number of nitro benzene ring substituents is 1. The molecule has 0 atom stereocenters. The monoisotopic (exact) mass is 307 g/mol. The van der Waals surface area contributed by atoms with E-state index < -0.39 is 10.8 Å². The Kier molecular flexibility index (Phi) is 4.34. The van der Waals surface area contributed by atoms with E-state index in [0.717, 1.165) is 0 Å². The average molecular weight is 308 g/mol. The van der Waals surface area contributed by atoms with Crippen molar-refractivity contribution < 1.29 is 14.5 Å². The lowest BCUT2D eigenvalue weighted by atomic mass is 10.1. The molecule has 0 saturated carbocycles. The minimum atomic E-state index is -0.671. The molecule has 1 heterocycles. The van der Waals surface area contributed by atoms with Gasteiger partial charge in [0.1, 0.15) is 22.3 Å². The summed E-state index contributed by atoms with van der Waals surface area (Å²) in [6.07, 6.45) is 0. The van der Waals surface area contributed by atoms with Crippen LogP contribution in [0.1, 0.15) is 10.4 Å². The van der Waals surface area contributed by atoms with Crippen molar-refractivity contribution in [3.63, 3.8) is 0 Å². The van der Waals surface area contributed by atoms with E-state index in [4.69, 9.17) is 16.3 Å². The van der Waals surface area contributed by atoms with Crippen molar-refractivity contribution in [1.29, 1.82) is 0 Å². The van der Waals surface area contributed by atoms with Gasteiger partial charge in [0.05, 0.1) is 12.0 Å². The average Bonchev–Trinajstić information content (AvgIpc) is 2.46. The first kappa shape index (κ1) is 14.7. The van der Waals surface area contributed by atoms with Crippen molar-refractivity contribution in [2.45, 2.75) is 0 Å². The molecule has 1 amide bonds. The molecule has 7 nitrogen and oxygen atoms in total. The molecular weight excluding hydrogens is 298 g/mol. The van der Waals surface area contributed by atoms with Crippen LogP contribution in [0.15, 0.2) is 36.4 Å². The molecule has 0 aliphatic heterocycles. The maximum atomic E-state index is 12.2. The number of benzene rings is 1. The van der Waals surface area contributed by atoms with Crippen LogP contribution in [0.2, 0.25) is 5.15 Å². The molecule has 0 saturated heterocycles. The van der Waals surface area contributed by atoms with Crippen LogP contribution in [0.4, 0.5) is 11.5 Å². The van der Waals surface area contributed by atoms with Gasteiger partial charge in [-0.25, -0.2) is 4.98 Å². The third-order valence-corrected chi connectivity index (χ3v) is 2.81. The summed E-state index contributed by atoms with van der Waals surface area (Å²) >= 11 is 5.71. The number of nitrogens with one attached hydrogen (secondary N) is 1. The number of halogens is 1. The Labute approximate surface area is 124 Å². The van der Waals surface area contributed by atoms with Gasteiger partial charge in [0.15, 0.2) is 0 Å². The van der Waals surface area contributed by atoms with Crippen molar-refractivity contribution >= 4 is 29.0 Å². The molecule has 21 heavy (non-hydrogen) atoms. The fourth-order valence-electron chi connectivity index (χ4n) is 1.64. The minimum Gasteiger partial charge on any atom is -0.497 e. The number of nitrogens with zero attached hydrogens (tertiary/aromatic N) is 2. The first-order valence-corrected chi connectivity index (χ1v) is 6.15. The van der Waals surface area contributed by atoms with Crippen LogP contribution in [0.5, 0.6) is 5.75 Å².